The van der Waals surface area contributed by atoms with E-state index in [1.807, 2.05) is 19.0 Å². The first kappa shape index (κ1) is 14.7. The van der Waals surface area contributed by atoms with Gasteiger partial charge in [0, 0.05) is 6.54 Å². The Morgan fingerprint density at radius 2 is 2.37 bits per heavy atom. The molecule has 6 nitrogen and oxygen atoms in total. The van der Waals surface area contributed by atoms with Crippen LogP contribution in [0.3, 0.4) is 0 Å². The first-order valence-electron chi connectivity index (χ1n) is 6.33. The normalized spacial score (nSPS) is 21.8. The Hall–Kier alpha value is -0.660. The smallest absolute Gasteiger partial charge is 0.125 e. The van der Waals surface area contributed by atoms with E-state index in [-0.39, 0.29) is 6.10 Å². The van der Waals surface area contributed by atoms with Crippen LogP contribution >= 0.6 is 11.6 Å². The van der Waals surface area contributed by atoms with Crippen molar-refractivity contribution in [3.8, 4) is 0 Å². The Morgan fingerprint density at radius 1 is 1.58 bits per heavy atom. The summed E-state index contributed by atoms with van der Waals surface area (Å²) in [5.74, 6) is 0. The molecular weight excluding hydrogens is 270 g/mol. The lowest BCUT2D eigenvalue weighted by atomic mass is 10.1. The van der Waals surface area contributed by atoms with Crippen molar-refractivity contribution < 1.29 is 14.6 Å². The Morgan fingerprint density at radius 3 is 3.00 bits per heavy atom. The minimum absolute atomic E-state index is 0.371. The molecule has 0 aromatic carbocycles. The average Bonchev–Trinajstić information content (AvgIpc) is 2.78. The maximum Gasteiger partial charge on any atom is 0.125 e. The summed E-state index contributed by atoms with van der Waals surface area (Å²) in [7, 11) is 3.97. The molecule has 2 heterocycles. The first-order chi connectivity index (χ1) is 9.09. The van der Waals surface area contributed by atoms with E-state index in [9.17, 15) is 5.11 Å². The number of aliphatic hydroxyl groups excluding tert-OH is 1. The largest absolute Gasteiger partial charge is 0.384 e. The third-order valence-corrected chi connectivity index (χ3v) is 3.36. The molecule has 0 radical (unpaired) electrons. The number of hydrogen-bond donors (Lipinski definition) is 1. The lowest BCUT2D eigenvalue weighted by molar-refractivity contribution is -0.135. The summed E-state index contributed by atoms with van der Waals surface area (Å²) in [5.41, 5.74) is 0.596. The molecular formula is C12H20ClN3O3. The molecule has 1 N–H and O–H groups in total. The van der Waals surface area contributed by atoms with E-state index in [0.29, 0.717) is 37.1 Å². The maximum absolute atomic E-state index is 10.4. The number of likely N-dealkylation sites (N-methyl/N-ethyl adjacent to an activating group) is 1. The van der Waals surface area contributed by atoms with Gasteiger partial charge in [-0.25, -0.2) is 0 Å². The summed E-state index contributed by atoms with van der Waals surface area (Å²) >= 11 is 6.12. The first-order valence-corrected chi connectivity index (χ1v) is 6.70. The molecule has 1 aromatic rings. The molecule has 0 aliphatic carbocycles. The van der Waals surface area contributed by atoms with Crippen molar-refractivity contribution in [2.45, 2.75) is 18.8 Å². The molecule has 0 spiro atoms. The second-order valence-corrected chi connectivity index (χ2v) is 5.24. The van der Waals surface area contributed by atoms with Gasteiger partial charge in [-0.3, -0.25) is 4.68 Å². The Balaban J connectivity index is 2.10. The number of nitrogens with zero attached hydrogens (tertiary/aromatic N) is 3. The summed E-state index contributed by atoms with van der Waals surface area (Å²) in [6, 6.07) is 0. The van der Waals surface area contributed by atoms with Gasteiger partial charge < -0.3 is 19.5 Å². The van der Waals surface area contributed by atoms with Crippen LogP contribution in [0.25, 0.3) is 0 Å². The Labute approximate surface area is 117 Å². The maximum atomic E-state index is 10.4. The molecule has 2 atom stereocenters. The highest BCUT2D eigenvalue weighted by Crippen LogP contribution is 2.27. The van der Waals surface area contributed by atoms with Crippen molar-refractivity contribution in [2.75, 3.05) is 40.5 Å². The molecule has 1 aromatic heterocycles. The second-order valence-electron chi connectivity index (χ2n) is 4.83. The molecule has 2 unspecified atom stereocenters. The van der Waals surface area contributed by atoms with Gasteiger partial charge in [0.05, 0.1) is 43.3 Å². The van der Waals surface area contributed by atoms with Gasteiger partial charge in [-0.1, -0.05) is 11.6 Å². The van der Waals surface area contributed by atoms with Crippen molar-refractivity contribution in [2.24, 2.45) is 0 Å². The van der Waals surface area contributed by atoms with Gasteiger partial charge in [0.1, 0.15) is 12.2 Å². The zero-order valence-electron chi connectivity index (χ0n) is 11.3. The summed E-state index contributed by atoms with van der Waals surface area (Å²) in [5, 5.41) is 15.1. The molecule has 0 amide bonds. The highest BCUT2D eigenvalue weighted by atomic mass is 35.5. The van der Waals surface area contributed by atoms with Gasteiger partial charge >= 0.3 is 0 Å². The van der Waals surface area contributed by atoms with Gasteiger partial charge in [-0.15, -0.1) is 0 Å². The standard InChI is InChI=1S/C12H20ClN3O3/c1-15(2)3-4-16-11(9(13)7-14-16)12(17)10-8-18-5-6-19-10/h7,10,12,17H,3-6,8H2,1-2H3. The van der Waals surface area contributed by atoms with Crippen molar-refractivity contribution in [1.82, 2.24) is 14.7 Å². The number of aliphatic hydroxyl groups is 1. The molecule has 1 aliphatic rings. The fraction of sp³-hybridized carbons (Fsp3) is 0.750. The molecule has 2 rings (SSSR count). The average molecular weight is 290 g/mol. The van der Waals surface area contributed by atoms with Gasteiger partial charge in [0.25, 0.3) is 0 Å². The van der Waals surface area contributed by atoms with Gasteiger partial charge in [0.15, 0.2) is 0 Å². The zero-order valence-corrected chi connectivity index (χ0v) is 12.0. The lowest BCUT2D eigenvalue weighted by Crippen LogP contribution is -2.35. The highest BCUT2D eigenvalue weighted by Gasteiger charge is 2.29. The van der Waals surface area contributed by atoms with Crippen LogP contribution < -0.4 is 0 Å². The highest BCUT2D eigenvalue weighted by molar-refractivity contribution is 6.31. The third-order valence-electron chi connectivity index (χ3n) is 3.07. The van der Waals surface area contributed by atoms with Gasteiger partial charge in [-0.05, 0) is 14.1 Å². The lowest BCUT2D eigenvalue weighted by Gasteiger charge is -2.28. The number of hydrogen-bond acceptors (Lipinski definition) is 5. The summed E-state index contributed by atoms with van der Waals surface area (Å²) in [6.45, 7) is 2.91. The van der Waals surface area contributed by atoms with E-state index in [4.69, 9.17) is 21.1 Å². The van der Waals surface area contributed by atoms with Crippen LogP contribution in [0.4, 0.5) is 0 Å². The quantitative estimate of drug-likeness (QED) is 0.858. The molecule has 0 saturated carbocycles. The predicted molar refractivity (Wildman–Crippen MR) is 71.3 cm³/mol. The minimum Gasteiger partial charge on any atom is -0.384 e. The minimum atomic E-state index is -0.822. The predicted octanol–water partition coefficient (Wildman–Crippen LogP) is 0.547. The van der Waals surface area contributed by atoms with Crippen LogP contribution in [0, 0.1) is 0 Å². The Kier molecular flexibility index (Phi) is 5.18. The number of halogens is 1. The van der Waals surface area contributed by atoms with Crippen LogP contribution in [-0.2, 0) is 16.0 Å². The summed E-state index contributed by atoms with van der Waals surface area (Å²) in [6.07, 6.45) is 0.345. The summed E-state index contributed by atoms with van der Waals surface area (Å²) in [4.78, 5) is 2.05. The fourth-order valence-electron chi connectivity index (χ4n) is 2.00. The van der Waals surface area contributed by atoms with E-state index in [2.05, 4.69) is 5.10 Å². The molecule has 19 heavy (non-hydrogen) atoms. The number of rotatable bonds is 5. The van der Waals surface area contributed by atoms with E-state index in [0.717, 1.165) is 6.54 Å². The monoisotopic (exact) mass is 289 g/mol. The molecule has 1 aliphatic heterocycles. The van der Waals surface area contributed by atoms with Crippen LogP contribution in [0.5, 0.6) is 0 Å². The van der Waals surface area contributed by atoms with Crippen molar-refractivity contribution in [1.29, 1.82) is 0 Å². The zero-order chi connectivity index (χ0) is 13.8. The topological polar surface area (TPSA) is 59.8 Å². The fourth-order valence-corrected chi connectivity index (χ4v) is 2.26. The third kappa shape index (κ3) is 3.67. The van der Waals surface area contributed by atoms with Crippen molar-refractivity contribution in [3.63, 3.8) is 0 Å². The van der Waals surface area contributed by atoms with Gasteiger partial charge in [0.2, 0.25) is 0 Å². The van der Waals surface area contributed by atoms with Crippen molar-refractivity contribution in [3.05, 3.63) is 16.9 Å². The van der Waals surface area contributed by atoms with E-state index < -0.39 is 6.10 Å². The SMILES string of the molecule is CN(C)CCn1ncc(Cl)c1C(O)C1COCCO1. The molecule has 0 bridgehead atoms. The van der Waals surface area contributed by atoms with Crippen LogP contribution in [0.15, 0.2) is 6.20 Å². The van der Waals surface area contributed by atoms with E-state index >= 15 is 0 Å². The number of ether oxygens (including phenoxy) is 2. The molecule has 1 saturated heterocycles. The van der Waals surface area contributed by atoms with Crippen molar-refractivity contribution >= 4 is 11.6 Å². The molecule has 1 fully saturated rings. The van der Waals surface area contributed by atoms with E-state index in [1.54, 1.807) is 10.9 Å². The molecule has 7 heteroatoms. The number of aromatic nitrogens is 2. The van der Waals surface area contributed by atoms with Crippen LogP contribution in [0.1, 0.15) is 11.8 Å². The van der Waals surface area contributed by atoms with Gasteiger partial charge in [-0.2, -0.15) is 5.10 Å². The molecule has 108 valence electrons. The Bertz CT molecular complexity index is 405. The van der Waals surface area contributed by atoms with Crippen LogP contribution in [0.2, 0.25) is 5.02 Å². The van der Waals surface area contributed by atoms with Crippen LogP contribution in [-0.4, -0.2) is 66.4 Å². The summed E-state index contributed by atoms with van der Waals surface area (Å²) < 4.78 is 12.6. The second kappa shape index (κ2) is 6.67. The van der Waals surface area contributed by atoms with E-state index in [1.165, 1.54) is 0 Å².